The maximum Gasteiger partial charge on any atom is 0.387 e. The number of hydrogen-bond acceptors (Lipinski definition) is 4. The van der Waals surface area contributed by atoms with Gasteiger partial charge in [0.15, 0.2) is 5.96 Å². The van der Waals surface area contributed by atoms with Gasteiger partial charge in [0.2, 0.25) is 0 Å². The molecular weight excluding hydrogens is 414 g/mol. The summed E-state index contributed by atoms with van der Waals surface area (Å²) in [6, 6.07) is 7.06. The Balaban J connectivity index is 1.61. The Bertz CT molecular complexity index is 852. The summed E-state index contributed by atoms with van der Waals surface area (Å²) >= 11 is 0. The van der Waals surface area contributed by atoms with Crippen molar-refractivity contribution in [3.8, 4) is 5.75 Å². The summed E-state index contributed by atoms with van der Waals surface area (Å²) in [6.07, 6.45) is 5.90. The zero-order valence-electron chi connectivity index (χ0n) is 19.1. The average molecular weight is 449 g/mol. The number of benzene rings is 1. The molecule has 9 heteroatoms. The highest BCUT2D eigenvalue weighted by Crippen LogP contribution is 2.24. The van der Waals surface area contributed by atoms with E-state index in [0.29, 0.717) is 12.5 Å². The third kappa shape index (κ3) is 7.10. The predicted octanol–water partition coefficient (Wildman–Crippen LogP) is 3.86. The SMILES string of the molecule is CCNC(=NCc1nccn1CC(C)C)NC1CCCN(c2ccc(OC(F)F)cc2)C1. The molecule has 2 aromatic rings. The van der Waals surface area contributed by atoms with Crippen molar-refractivity contribution in [1.29, 1.82) is 0 Å². The Kier molecular flexibility index (Phi) is 8.70. The van der Waals surface area contributed by atoms with E-state index in [4.69, 9.17) is 4.99 Å². The molecule has 0 amide bonds. The first-order chi connectivity index (χ1) is 15.4. The van der Waals surface area contributed by atoms with Crippen LogP contribution in [0.3, 0.4) is 0 Å². The number of nitrogens with zero attached hydrogens (tertiary/aromatic N) is 4. The molecule has 3 rings (SSSR count). The molecule has 176 valence electrons. The van der Waals surface area contributed by atoms with E-state index in [9.17, 15) is 8.78 Å². The van der Waals surface area contributed by atoms with Crippen molar-refractivity contribution >= 4 is 11.6 Å². The fraction of sp³-hybridized carbons (Fsp3) is 0.565. The van der Waals surface area contributed by atoms with Crippen LogP contribution in [0, 0.1) is 5.92 Å². The van der Waals surface area contributed by atoms with E-state index in [2.05, 4.69) is 43.7 Å². The van der Waals surface area contributed by atoms with Crippen molar-refractivity contribution in [3.05, 3.63) is 42.5 Å². The minimum atomic E-state index is -2.81. The fourth-order valence-corrected chi connectivity index (χ4v) is 3.88. The summed E-state index contributed by atoms with van der Waals surface area (Å²) in [6.45, 7) is 7.55. The molecule has 0 bridgehead atoms. The molecule has 7 nitrogen and oxygen atoms in total. The van der Waals surface area contributed by atoms with Gasteiger partial charge < -0.3 is 24.8 Å². The summed E-state index contributed by atoms with van der Waals surface area (Å²) in [5.74, 6) is 2.45. The van der Waals surface area contributed by atoms with Crippen LogP contribution in [0.25, 0.3) is 0 Å². The first-order valence-electron chi connectivity index (χ1n) is 11.3. The van der Waals surface area contributed by atoms with E-state index in [1.807, 2.05) is 31.5 Å². The second-order valence-electron chi connectivity index (χ2n) is 8.39. The van der Waals surface area contributed by atoms with E-state index in [1.54, 1.807) is 12.1 Å². The monoisotopic (exact) mass is 448 g/mol. The summed E-state index contributed by atoms with van der Waals surface area (Å²) in [5.41, 5.74) is 0.996. The van der Waals surface area contributed by atoms with Gasteiger partial charge in [0.25, 0.3) is 0 Å². The minimum Gasteiger partial charge on any atom is -0.435 e. The van der Waals surface area contributed by atoms with Crippen LogP contribution >= 0.6 is 0 Å². The standard InChI is InChI=1S/C23H34F2N6O/c1-4-26-23(28-14-21-27-11-13-31(21)15-17(2)3)29-18-6-5-12-30(16-18)19-7-9-20(10-8-19)32-22(24)25/h7-11,13,17-18,22H,4-6,12,14-16H2,1-3H3,(H2,26,28,29). The molecule has 1 saturated heterocycles. The van der Waals surface area contributed by atoms with Crippen LogP contribution in [0.1, 0.15) is 39.4 Å². The Morgan fingerprint density at radius 2 is 2.06 bits per heavy atom. The van der Waals surface area contributed by atoms with Crippen molar-refractivity contribution in [2.45, 2.75) is 59.4 Å². The number of imidazole rings is 1. The number of alkyl halides is 2. The molecule has 1 unspecified atom stereocenters. The lowest BCUT2D eigenvalue weighted by atomic mass is 10.0. The van der Waals surface area contributed by atoms with Gasteiger partial charge >= 0.3 is 6.61 Å². The average Bonchev–Trinajstić information content (AvgIpc) is 3.19. The van der Waals surface area contributed by atoms with Crippen LogP contribution in [0.15, 0.2) is 41.7 Å². The summed E-state index contributed by atoms with van der Waals surface area (Å²) in [5, 5.41) is 6.88. The molecule has 1 aliphatic heterocycles. The van der Waals surface area contributed by atoms with Crippen molar-refractivity contribution in [3.63, 3.8) is 0 Å². The molecule has 2 N–H and O–H groups in total. The van der Waals surface area contributed by atoms with Crippen molar-refractivity contribution < 1.29 is 13.5 Å². The third-order valence-electron chi connectivity index (χ3n) is 5.28. The molecule has 0 radical (unpaired) electrons. The quantitative estimate of drug-likeness (QED) is 0.450. The highest BCUT2D eigenvalue weighted by atomic mass is 19.3. The summed E-state index contributed by atoms with van der Waals surface area (Å²) < 4.78 is 31.4. The van der Waals surface area contributed by atoms with Gasteiger partial charge in [-0.25, -0.2) is 9.98 Å². The number of piperidine rings is 1. The molecule has 2 heterocycles. The number of hydrogen-bond donors (Lipinski definition) is 2. The normalized spacial score (nSPS) is 17.2. The van der Waals surface area contributed by atoms with Gasteiger partial charge in [-0.15, -0.1) is 0 Å². The molecule has 1 aromatic heterocycles. The zero-order valence-corrected chi connectivity index (χ0v) is 19.1. The van der Waals surface area contributed by atoms with Crippen LogP contribution in [0.2, 0.25) is 0 Å². The Morgan fingerprint density at radius 3 is 2.75 bits per heavy atom. The van der Waals surface area contributed by atoms with Crippen LogP contribution < -0.4 is 20.3 Å². The van der Waals surface area contributed by atoms with Crippen molar-refractivity contribution in [2.75, 3.05) is 24.5 Å². The second kappa shape index (κ2) is 11.7. The maximum absolute atomic E-state index is 12.4. The lowest BCUT2D eigenvalue weighted by molar-refractivity contribution is -0.0498. The first-order valence-corrected chi connectivity index (χ1v) is 11.3. The minimum absolute atomic E-state index is 0.174. The largest absolute Gasteiger partial charge is 0.435 e. The second-order valence-corrected chi connectivity index (χ2v) is 8.39. The lowest BCUT2D eigenvalue weighted by Crippen LogP contribution is -2.51. The van der Waals surface area contributed by atoms with Gasteiger partial charge in [-0.1, -0.05) is 13.8 Å². The molecular formula is C23H34F2N6O. The number of aliphatic imine (C=N–C) groups is 1. The third-order valence-corrected chi connectivity index (χ3v) is 5.28. The number of anilines is 1. The van der Waals surface area contributed by atoms with Gasteiger partial charge in [-0.3, -0.25) is 0 Å². The Labute approximate surface area is 188 Å². The van der Waals surface area contributed by atoms with Gasteiger partial charge in [0.1, 0.15) is 18.1 Å². The first kappa shape index (κ1) is 23.8. The van der Waals surface area contributed by atoms with E-state index < -0.39 is 6.61 Å². The predicted molar refractivity (Wildman–Crippen MR) is 123 cm³/mol. The summed E-state index contributed by atoms with van der Waals surface area (Å²) in [4.78, 5) is 11.5. The molecule has 0 spiro atoms. The number of halogens is 2. The maximum atomic E-state index is 12.4. The molecule has 0 aliphatic carbocycles. The molecule has 1 aromatic carbocycles. The van der Waals surface area contributed by atoms with Crippen LogP contribution in [0.5, 0.6) is 5.75 Å². The topological polar surface area (TPSA) is 66.7 Å². The molecule has 32 heavy (non-hydrogen) atoms. The smallest absolute Gasteiger partial charge is 0.387 e. The fourth-order valence-electron chi connectivity index (χ4n) is 3.88. The number of nitrogens with one attached hydrogen (secondary N) is 2. The Hall–Kier alpha value is -2.84. The number of rotatable bonds is 9. The lowest BCUT2D eigenvalue weighted by Gasteiger charge is -2.35. The van der Waals surface area contributed by atoms with E-state index in [0.717, 1.165) is 56.5 Å². The van der Waals surface area contributed by atoms with Crippen molar-refractivity contribution in [1.82, 2.24) is 20.2 Å². The van der Waals surface area contributed by atoms with E-state index in [1.165, 1.54) is 0 Å². The van der Waals surface area contributed by atoms with Crippen LogP contribution in [0.4, 0.5) is 14.5 Å². The zero-order chi connectivity index (χ0) is 22.9. The number of guanidine groups is 1. The number of ether oxygens (including phenoxy) is 1. The molecule has 0 saturated carbocycles. The Morgan fingerprint density at radius 1 is 1.28 bits per heavy atom. The van der Waals surface area contributed by atoms with Crippen molar-refractivity contribution in [2.24, 2.45) is 10.9 Å². The van der Waals surface area contributed by atoms with E-state index >= 15 is 0 Å². The van der Waals surface area contributed by atoms with Gasteiger partial charge in [0.05, 0.1) is 0 Å². The van der Waals surface area contributed by atoms with E-state index in [-0.39, 0.29) is 11.8 Å². The summed E-state index contributed by atoms with van der Waals surface area (Å²) in [7, 11) is 0. The van der Waals surface area contributed by atoms with Crippen LogP contribution in [-0.2, 0) is 13.1 Å². The molecule has 1 atom stereocenters. The van der Waals surface area contributed by atoms with Gasteiger partial charge in [0, 0.05) is 50.3 Å². The number of aromatic nitrogens is 2. The van der Waals surface area contributed by atoms with Gasteiger partial charge in [-0.05, 0) is 49.9 Å². The van der Waals surface area contributed by atoms with Crippen LogP contribution in [-0.4, -0.2) is 47.8 Å². The highest BCUT2D eigenvalue weighted by Gasteiger charge is 2.21. The molecule has 1 aliphatic rings. The highest BCUT2D eigenvalue weighted by molar-refractivity contribution is 5.80. The van der Waals surface area contributed by atoms with Gasteiger partial charge in [-0.2, -0.15) is 8.78 Å². The molecule has 1 fully saturated rings.